The highest BCUT2D eigenvalue weighted by molar-refractivity contribution is 4.55. The van der Waals surface area contributed by atoms with E-state index in [-0.39, 0.29) is 0 Å². The largest absolute Gasteiger partial charge is 0.381 e. The summed E-state index contributed by atoms with van der Waals surface area (Å²) in [6.07, 6.45) is 3.55. The van der Waals surface area contributed by atoms with Gasteiger partial charge in [-0.1, -0.05) is 13.3 Å². The van der Waals surface area contributed by atoms with Gasteiger partial charge in [0.05, 0.1) is 12.7 Å². The quantitative estimate of drug-likeness (QED) is 0.417. The second-order valence-electron chi connectivity index (χ2n) is 2.75. The number of hydrogen-bond acceptors (Lipinski definition) is 3. The van der Waals surface area contributed by atoms with E-state index in [1.54, 1.807) is 14.2 Å². The van der Waals surface area contributed by atoms with Crippen molar-refractivity contribution in [2.75, 3.05) is 27.6 Å². The predicted molar refractivity (Wildman–Crippen MR) is 48.2 cm³/mol. The van der Waals surface area contributed by atoms with Gasteiger partial charge < -0.3 is 14.2 Å². The first-order valence-corrected chi connectivity index (χ1v) is 4.44. The van der Waals surface area contributed by atoms with Crippen molar-refractivity contribution in [2.45, 2.75) is 32.3 Å². The summed E-state index contributed by atoms with van der Waals surface area (Å²) in [4.78, 5) is 0. The van der Waals surface area contributed by atoms with E-state index in [4.69, 9.17) is 14.2 Å². The Hall–Kier alpha value is -0.120. The first-order valence-electron chi connectivity index (χ1n) is 4.44. The van der Waals surface area contributed by atoms with Crippen molar-refractivity contribution in [1.82, 2.24) is 0 Å². The maximum Gasteiger partial charge on any atom is 0.146 e. The highest BCUT2D eigenvalue weighted by atomic mass is 16.7. The number of methoxy groups -OCH3 is 2. The van der Waals surface area contributed by atoms with Gasteiger partial charge >= 0.3 is 0 Å². The lowest BCUT2D eigenvalue weighted by atomic mass is 10.1. The van der Waals surface area contributed by atoms with Crippen molar-refractivity contribution < 1.29 is 14.2 Å². The zero-order valence-electron chi connectivity index (χ0n) is 8.34. The zero-order valence-corrected chi connectivity index (χ0v) is 8.34. The maximum atomic E-state index is 5.25. The fourth-order valence-corrected chi connectivity index (χ4v) is 1.06. The fraction of sp³-hybridized carbons (Fsp3) is 1.00. The predicted octanol–water partition coefficient (Wildman–Crippen LogP) is 1.81. The van der Waals surface area contributed by atoms with Gasteiger partial charge in [0.2, 0.25) is 0 Å². The van der Waals surface area contributed by atoms with Gasteiger partial charge in [-0.3, -0.25) is 0 Å². The van der Waals surface area contributed by atoms with Gasteiger partial charge in [0, 0.05) is 14.2 Å². The van der Waals surface area contributed by atoms with Gasteiger partial charge in [0.1, 0.15) is 6.79 Å². The maximum absolute atomic E-state index is 5.25. The molecule has 12 heavy (non-hydrogen) atoms. The average Bonchev–Trinajstić information content (AvgIpc) is 2.10. The molecule has 0 N–H and O–H groups in total. The van der Waals surface area contributed by atoms with Gasteiger partial charge in [0.15, 0.2) is 0 Å². The van der Waals surface area contributed by atoms with Crippen LogP contribution in [0, 0.1) is 0 Å². The Morgan fingerprint density at radius 2 is 1.92 bits per heavy atom. The van der Waals surface area contributed by atoms with Crippen LogP contribution in [0.1, 0.15) is 26.2 Å². The molecule has 0 amide bonds. The van der Waals surface area contributed by atoms with E-state index in [1.807, 2.05) is 0 Å². The molecular formula is C9H20O3. The zero-order chi connectivity index (χ0) is 9.23. The molecule has 0 aliphatic rings. The molecule has 0 aromatic rings. The SMILES string of the molecule is CCC[C@H](CCOCOC)OC. The van der Waals surface area contributed by atoms with E-state index in [1.165, 1.54) is 0 Å². The standard InChI is InChI=1S/C9H20O3/c1-4-5-9(11-3)6-7-12-8-10-2/h9H,4-8H2,1-3H3/t9-/m1/s1. The molecule has 0 saturated carbocycles. The van der Waals surface area contributed by atoms with Crippen LogP contribution in [0.4, 0.5) is 0 Å². The van der Waals surface area contributed by atoms with Gasteiger partial charge in [-0.2, -0.15) is 0 Å². The van der Waals surface area contributed by atoms with Crippen LogP contribution in [0.2, 0.25) is 0 Å². The Bertz CT molecular complexity index is 85.8. The second kappa shape index (κ2) is 8.97. The van der Waals surface area contributed by atoms with Gasteiger partial charge in [-0.05, 0) is 12.8 Å². The van der Waals surface area contributed by atoms with Gasteiger partial charge in [-0.25, -0.2) is 0 Å². The minimum Gasteiger partial charge on any atom is -0.381 e. The summed E-state index contributed by atoms with van der Waals surface area (Å²) in [5.74, 6) is 0. The molecule has 0 rings (SSSR count). The van der Waals surface area contributed by atoms with Crippen molar-refractivity contribution in [3.63, 3.8) is 0 Å². The molecule has 0 aliphatic carbocycles. The first-order chi connectivity index (χ1) is 5.85. The Morgan fingerprint density at radius 1 is 1.17 bits per heavy atom. The molecular weight excluding hydrogens is 156 g/mol. The van der Waals surface area contributed by atoms with Crippen molar-refractivity contribution >= 4 is 0 Å². The van der Waals surface area contributed by atoms with Crippen LogP contribution in [-0.2, 0) is 14.2 Å². The smallest absolute Gasteiger partial charge is 0.146 e. The Balaban J connectivity index is 3.19. The molecule has 0 aromatic carbocycles. The Kier molecular flexibility index (Phi) is 8.88. The number of rotatable bonds is 8. The molecule has 3 nitrogen and oxygen atoms in total. The lowest BCUT2D eigenvalue weighted by Crippen LogP contribution is -2.13. The van der Waals surface area contributed by atoms with Crippen LogP contribution >= 0.6 is 0 Å². The van der Waals surface area contributed by atoms with Crippen molar-refractivity contribution in [3.05, 3.63) is 0 Å². The third-order valence-electron chi connectivity index (χ3n) is 1.73. The Labute approximate surface area is 75.0 Å². The minimum absolute atomic E-state index is 0.340. The van der Waals surface area contributed by atoms with E-state index < -0.39 is 0 Å². The molecule has 0 aromatic heterocycles. The van der Waals surface area contributed by atoms with Crippen molar-refractivity contribution in [3.8, 4) is 0 Å². The van der Waals surface area contributed by atoms with E-state index in [0.29, 0.717) is 19.5 Å². The normalized spacial score (nSPS) is 13.2. The highest BCUT2D eigenvalue weighted by Gasteiger charge is 2.04. The van der Waals surface area contributed by atoms with Crippen LogP contribution in [0.25, 0.3) is 0 Å². The molecule has 74 valence electrons. The van der Waals surface area contributed by atoms with Gasteiger partial charge in [0.25, 0.3) is 0 Å². The summed E-state index contributed by atoms with van der Waals surface area (Å²) >= 11 is 0. The van der Waals surface area contributed by atoms with Crippen LogP contribution in [0.15, 0.2) is 0 Å². The topological polar surface area (TPSA) is 27.7 Å². The molecule has 0 aliphatic heterocycles. The lowest BCUT2D eigenvalue weighted by molar-refractivity contribution is -0.0439. The third-order valence-corrected chi connectivity index (χ3v) is 1.73. The molecule has 0 unspecified atom stereocenters. The molecule has 0 heterocycles. The van der Waals surface area contributed by atoms with Gasteiger partial charge in [-0.15, -0.1) is 0 Å². The van der Waals surface area contributed by atoms with Crippen LogP contribution in [-0.4, -0.2) is 33.7 Å². The molecule has 0 radical (unpaired) electrons. The number of hydrogen-bond donors (Lipinski definition) is 0. The van der Waals surface area contributed by atoms with Crippen molar-refractivity contribution in [2.24, 2.45) is 0 Å². The molecule has 0 fully saturated rings. The molecule has 0 saturated heterocycles. The lowest BCUT2D eigenvalue weighted by Gasteiger charge is -2.13. The monoisotopic (exact) mass is 176 g/mol. The summed E-state index contributed by atoms with van der Waals surface area (Å²) in [5.41, 5.74) is 0. The van der Waals surface area contributed by atoms with Crippen LogP contribution in [0.5, 0.6) is 0 Å². The molecule has 3 heteroatoms. The van der Waals surface area contributed by atoms with Crippen LogP contribution in [0.3, 0.4) is 0 Å². The molecule has 0 spiro atoms. The average molecular weight is 176 g/mol. The summed E-state index contributed by atoms with van der Waals surface area (Å²) in [6.45, 7) is 3.25. The minimum atomic E-state index is 0.340. The molecule has 1 atom stereocenters. The van der Waals surface area contributed by atoms with Crippen LogP contribution < -0.4 is 0 Å². The molecule has 0 bridgehead atoms. The summed E-state index contributed by atoms with van der Waals surface area (Å²) in [7, 11) is 3.37. The third kappa shape index (κ3) is 6.58. The first kappa shape index (κ1) is 11.9. The highest BCUT2D eigenvalue weighted by Crippen LogP contribution is 2.05. The van der Waals surface area contributed by atoms with E-state index >= 15 is 0 Å². The Morgan fingerprint density at radius 3 is 2.42 bits per heavy atom. The van der Waals surface area contributed by atoms with E-state index in [0.717, 1.165) is 19.3 Å². The van der Waals surface area contributed by atoms with Crippen molar-refractivity contribution in [1.29, 1.82) is 0 Å². The fourth-order valence-electron chi connectivity index (χ4n) is 1.06. The summed E-state index contributed by atoms with van der Waals surface area (Å²) in [6, 6.07) is 0. The summed E-state index contributed by atoms with van der Waals surface area (Å²) < 4.78 is 15.2. The second-order valence-corrected chi connectivity index (χ2v) is 2.75. The van der Waals surface area contributed by atoms with E-state index in [2.05, 4.69) is 6.92 Å². The number of ether oxygens (including phenoxy) is 3. The van der Waals surface area contributed by atoms with E-state index in [9.17, 15) is 0 Å². The summed E-state index contributed by atoms with van der Waals surface area (Å²) in [5, 5.41) is 0.